The van der Waals surface area contributed by atoms with E-state index in [9.17, 15) is 5.26 Å². The predicted octanol–water partition coefficient (Wildman–Crippen LogP) is 3.53. The molecule has 1 aromatic heterocycles. The SMILES string of the molecule is COc1cc2[nH]c3c(C)cc(C#N)cc3c2c(OC)c1OC. The zero-order valence-corrected chi connectivity index (χ0v) is 12.9. The van der Waals surface area contributed by atoms with E-state index in [1.807, 2.05) is 25.1 Å². The van der Waals surface area contributed by atoms with E-state index in [4.69, 9.17) is 14.2 Å². The van der Waals surface area contributed by atoms with Crippen LogP contribution in [0.25, 0.3) is 21.8 Å². The molecule has 0 amide bonds. The van der Waals surface area contributed by atoms with Crippen LogP contribution >= 0.6 is 0 Å². The third-order valence-electron chi connectivity index (χ3n) is 3.82. The average molecular weight is 296 g/mol. The second-order valence-electron chi connectivity index (χ2n) is 5.02. The molecule has 22 heavy (non-hydrogen) atoms. The minimum atomic E-state index is 0.540. The van der Waals surface area contributed by atoms with Crippen LogP contribution in [0.2, 0.25) is 0 Å². The Balaban J connectivity index is 2.54. The number of ether oxygens (including phenoxy) is 3. The molecular weight excluding hydrogens is 280 g/mol. The highest BCUT2D eigenvalue weighted by atomic mass is 16.5. The molecule has 0 saturated heterocycles. The Morgan fingerprint density at radius 1 is 1.00 bits per heavy atom. The van der Waals surface area contributed by atoms with Gasteiger partial charge >= 0.3 is 0 Å². The number of H-pyrrole nitrogens is 1. The highest BCUT2D eigenvalue weighted by molar-refractivity contribution is 6.13. The summed E-state index contributed by atoms with van der Waals surface area (Å²) >= 11 is 0. The zero-order valence-electron chi connectivity index (χ0n) is 12.9. The predicted molar refractivity (Wildman–Crippen MR) is 84.9 cm³/mol. The van der Waals surface area contributed by atoms with Crippen LogP contribution in [0.1, 0.15) is 11.1 Å². The van der Waals surface area contributed by atoms with Crippen LogP contribution in [0.5, 0.6) is 17.2 Å². The van der Waals surface area contributed by atoms with Gasteiger partial charge in [0.25, 0.3) is 0 Å². The number of aryl methyl sites for hydroxylation is 1. The van der Waals surface area contributed by atoms with E-state index in [0.29, 0.717) is 22.8 Å². The quantitative estimate of drug-likeness (QED) is 0.803. The number of aromatic amines is 1. The fraction of sp³-hybridized carbons (Fsp3) is 0.235. The van der Waals surface area contributed by atoms with Crippen LogP contribution in [0.15, 0.2) is 18.2 Å². The Labute approximate surface area is 128 Å². The number of hydrogen-bond acceptors (Lipinski definition) is 4. The van der Waals surface area contributed by atoms with Gasteiger partial charge in [0.05, 0.1) is 43.9 Å². The third kappa shape index (κ3) is 1.85. The van der Waals surface area contributed by atoms with E-state index in [1.165, 1.54) is 0 Å². The lowest BCUT2D eigenvalue weighted by molar-refractivity contribution is 0.327. The maximum absolute atomic E-state index is 9.20. The number of rotatable bonds is 3. The summed E-state index contributed by atoms with van der Waals surface area (Å²) in [5.74, 6) is 1.73. The van der Waals surface area contributed by atoms with Gasteiger partial charge in [0.1, 0.15) is 0 Å². The van der Waals surface area contributed by atoms with Crippen LogP contribution in [-0.2, 0) is 0 Å². The van der Waals surface area contributed by atoms with Gasteiger partial charge in [-0.3, -0.25) is 0 Å². The van der Waals surface area contributed by atoms with Crippen molar-refractivity contribution in [3.63, 3.8) is 0 Å². The van der Waals surface area contributed by atoms with E-state index in [-0.39, 0.29) is 0 Å². The Morgan fingerprint density at radius 3 is 2.32 bits per heavy atom. The first-order chi connectivity index (χ1) is 10.6. The summed E-state index contributed by atoms with van der Waals surface area (Å²) in [6.45, 7) is 1.97. The number of fused-ring (bicyclic) bond motifs is 3. The van der Waals surface area contributed by atoms with Crippen molar-refractivity contribution in [2.45, 2.75) is 6.92 Å². The Kier molecular flexibility index (Phi) is 3.30. The first-order valence-corrected chi connectivity index (χ1v) is 6.79. The van der Waals surface area contributed by atoms with Gasteiger partial charge in [-0.05, 0) is 24.6 Å². The molecular formula is C17H16N2O3. The summed E-state index contributed by atoms with van der Waals surface area (Å²) in [4.78, 5) is 3.37. The van der Waals surface area contributed by atoms with E-state index in [1.54, 1.807) is 21.3 Å². The Hall–Kier alpha value is -2.87. The second kappa shape index (κ2) is 5.15. The molecule has 0 aliphatic carbocycles. The molecule has 0 atom stereocenters. The maximum atomic E-state index is 9.20. The first-order valence-electron chi connectivity index (χ1n) is 6.79. The van der Waals surface area contributed by atoms with Crippen LogP contribution in [0.3, 0.4) is 0 Å². The Bertz CT molecular complexity index is 919. The molecule has 0 aliphatic rings. The van der Waals surface area contributed by atoms with Crippen molar-refractivity contribution in [3.05, 3.63) is 29.3 Å². The lowest BCUT2D eigenvalue weighted by Crippen LogP contribution is -1.95. The summed E-state index contributed by atoms with van der Waals surface area (Å²) in [5, 5.41) is 11.0. The lowest BCUT2D eigenvalue weighted by Gasteiger charge is -2.13. The summed E-state index contributed by atoms with van der Waals surface area (Å²) in [5.41, 5.74) is 3.47. The molecule has 3 rings (SSSR count). The number of aromatic nitrogens is 1. The van der Waals surface area contributed by atoms with E-state index in [2.05, 4.69) is 11.1 Å². The molecule has 0 aliphatic heterocycles. The molecule has 0 bridgehead atoms. The number of nitrogens with one attached hydrogen (secondary N) is 1. The van der Waals surface area contributed by atoms with Crippen LogP contribution in [-0.4, -0.2) is 26.3 Å². The summed E-state index contributed by atoms with van der Waals surface area (Å²) in [6, 6.07) is 7.79. The minimum absolute atomic E-state index is 0.540. The number of nitrogens with zero attached hydrogens (tertiary/aromatic N) is 1. The van der Waals surface area contributed by atoms with Crippen molar-refractivity contribution in [3.8, 4) is 23.3 Å². The molecule has 0 fully saturated rings. The largest absolute Gasteiger partial charge is 0.493 e. The normalized spacial score (nSPS) is 10.7. The highest BCUT2D eigenvalue weighted by Gasteiger charge is 2.20. The van der Waals surface area contributed by atoms with Crippen LogP contribution in [0, 0.1) is 18.3 Å². The van der Waals surface area contributed by atoms with Crippen molar-refractivity contribution in [1.82, 2.24) is 4.98 Å². The summed E-state index contributed by atoms with van der Waals surface area (Å²) < 4.78 is 16.4. The lowest BCUT2D eigenvalue weighted by atomic mass is 10.0. The molecule has 0 unspecified atom stereocenters. The van der Waals surface area contributed by atoms with Crippen molar-refractivity contribution < 1.29 is 14.2 Å². The van der Waals surface area contributed by atoms with E-state index >= 15 is 0 Å². The smallest absolute Gasteiger partial charge is 0.204 e. The van der Waals surface area contributed by atoms with Gasteiger partial charge in [-0.1, -0.05) is 0 Å². The molecule has 3 aromatic rings. The standard InChI is InChI=1S/C17H16N2O3/c1-9-5-10(8-18)6-11-14-12(19-15(9)11)7-13(20-2)16(21-3)17(14)22-4/h5-7,19H,1-4H3. The molecule has 0 spiro atoms. The van der Waals surface area contributed by atoms with Crippen LogP contribution < -0.4 is 14.2 Å². The molecule has 1 N–H and O–H groups in total. The number of nitriles is 1. The van der Waals surface area contributed by atoms with Crippen molar-refractivity contribution >= 4 is 21.8 Å². The van der Waals surface area contributed by atoms with Gasteiger partial charge in [-0.2, -0.15) is 5.26 Å². The summed E-state index contributed by atoms with van der Waals surface area (Å²) in [6.07, 6.45) is 0. The van der Waals surface area contributed by atoms with Gasteiger partial charge in [0.2, 0.25) is 5.75 Å². The van der Waals surface area contributed by atoms with Crippen molar-refractivity contribution in [2.24, 2.45) is 0 Å². The van der Waals surface area contributed by atoms with Crippen LogP contribution in [0.4, 0.5) is 0 Å². The molecule has 5 heteroatoms. The second-order valence-corrected chi connectivity index (χ2v) is 5.02. The van der Waals surface area contributed by atoms with Gasteiger partial charge in [-0.25, -0.2) is 0 Å². The number of benzene rings is 2. The van der Waals surface area contributed by atoms with Gasteiger partial charge in [0, 0.05) is 17.0 Å². The average Bonchev–Trinajstić information content (AvgIpc) is 2.91. The van der Waals surface area contributed by atoms with Crippen molar-refractivity contribution in [2.75, 3.05) is 21.3 Å². The monoisotopic (exact) mass is 296 g/mol. The highest BCUT2D eigenvalue weighted by Crippen LogP contribution is 2.46. The zero-order chi connectivity index (χ0) is 15.9. The molecule has 5 nitrogen and oxygen atoms in total. The molecule has 0 saturated carbocycles. The minimum Gasteiger partial charge on any atom is -0.493 e. The fourth-order valence-electron chi connectivity index (χ4n) is 2.87. The maximum Gasteiger partial charge on any atom is 0.204 e. The molecule has 0 radical (unpaired) electrons. The van der Waals surface area contributed by atoms with E-state index < -0.39 is 0 Å². The fourth-order valence-corrected chi connectivity index (χ4v) is 2.87. The number of methoxy groups -OCH3 is 3. The number of hydrogen-bond donors (Lipinski definition) is 1. The third-order valence-corrected chi connectivity index (χ3v) is 3.82. The first kappa shape index (κ1) is 14.1. The molecule has 1 heterocycles. The molecule has 112 valence electrons. The van der Waals surface area contributed by atoms with Gasteiger partial charge in [0.15, 0.2) is 11.5 Å². The van der Waals surface area contributed by atoms with E-state index in [0.717, 1.165) is 27.4 Å². The van der Waals surface area contributed by atoms with Gasteiger partial charge < -0.3 is 19.2 Å². The summed E-state index contributed by atoms with van der Waals surface area (Å²) in [7, 11) is 4.76. The van der Waals surface area contributed by atoms with Gasteiger partial charge in [-0.15, -0.1) is 0 Å². The molecule has 2 aromatic carbocycles. The Morgan fingerprint density at radius 2 is 1.73 bits per heavy atom. The van der Waals surface area contributed by atoms with Crippen molar-refractivity contribution in [1.29, 1.82) is 5.26 Å². The topological polar surface area (TPSA) is 67.3 Å².